The number of para-hydroxylation sites is 1. The summed E-state index contributed by atoms with van der Waals surface area (Å²) < 4.78 is 83.7. The molecule has 0 aliphatic heterocycles. The lowest BCUT2D eigenvalue weighted by atomic mass is 10.0. The van der Waals surface area contributed by atoms with Crippen molar-refractivity contribution in [3.8, 4) is 0 Å². The van der Waals surface area contributed by atoms with Crippen LogP contribution < -0.4 is 10.8 Å². The molecule has 6 nitrogen and oxygen atoms in total. The zero-order valence-corrected chi connectivity index (χ0v) is 18.3. The molecule has 2 rings (SSSR count). The number of ether oxygens (including phenoxy) is 1. The largest absolute Gasteiger partial charge is 0.416 e. The zero-order chi connectivity index (χ0) is 25.7. The van der Waals surface area contributed by atoms with E-state index >= 15 is 0 Å². The van der Waals surface area contributed by atoms with Crippen molar-refractivity contribution in [1.82, 2.24) is 5.48 Å². The first-order chi connectivity index (χ1) is 15.6. The third-order valence-corrected chi connectivity index (χ3v) is 4.15. The topological polar surface area (TPSA) is 76.7 Å². The molecule has 2 N–H and O–H groups in total. The maximum Gasteiger partial charge on any atom is 0.416 e. The third-order valence-electron chi connectivity index (χ3n) is 4.15. The fraction of sp³-hybridized carbons (Fsp3) is 0.364. The Bertz CT molecular complexity index is 969. The molecule has 1 atom stereocenters. The van der Waals surface area contributed by atoms with Crippen LogP contribution in [-0.2, 0) is 26.7 Å². The van der Waals surface area contributed by atoms with E-state index in [1.165, 1.54) is 0 Å². The Labute approximate surface area is 191 Å². The second-order valence-corrected chi connectivity index (χ2v) is 8.11. The summed E-state index contributed by atoms with van der Waals surface area (Å²) in [5.41, 5.74) is -2.88. The van der Waals surface area contributed by atoms with Gasteiger partial charge in [0.15, 0.2) is 6.10 Å². The minimum Gasteiger partial charge on any atom is -0.372 e. The summed E-state index contributed by atoms with van der Waals surface area (Å²) in [6, 6.07) is 8.52. The minimum absolute atomic E-state index is 0.106. The molecule has 12 heteroatoms. The van der Waals surface area contributed by atoms with E-state index in [4.69, 9.17) is 9.57 Å². The lowest BCUT2D eigenvalue weighted by Crippen LogP contribution is -2.42. The SMILES string of the molecule is CC(C)(C)OCC(ONC(=O)c1cc(C(F)(F)F)cc(C(F)(F)F)c1)C(=O)Nc1ccccc1. The highest BCUT2D eigenvalue weighted by molar-refractivity contribution is 5.96. The van der Waals surface area contributed by atoms with Gasteiger partial charge in [0.25, 0.3) is 11.8 Å². The molecule has 0 radical (unpaired) electrons. The van der Waals surface area contributed by atoms with Crippen LogP contribution in [0.5, 0.6) is 0 Å². The van der Waals surface area contributed by atoms with E-state index in [1.807, 2.05) is 0 Å². The number of carbonyl (C=O) groups excluding carboxylic acids is 2. The maximum absolute atomic E-state index is 13.0. The summed E-state index contributed by atoms with van der Waals surface area (Å²) in [5, 5.41) is 2.51. The number of rotatable bonds is 7. The molecule has 2 aromatic carbocycles. The van der Waals surface area contributed by atoms with Gasteiger partial charge in [-0.05, 0) is 51.1 Å². The molecule has 0 fully saturated rings. The summed E-state index contributed by atoms with van der Waals surface area (Å²) in [4.78, 5) is 30.0. The van der Waals surface area contributed by atoms with E-state index in [-0.39, 0.29) is 24.8 Å². The number of halogens is 6. The van der Waals surface area contributed by atoms with Crippen LogP contribution in [0.4, 0.5) is 32.0 Å². The Kier molecular flexibility index (Phi) is 8.32. The standard InChI is InChI=1S/C22H22F6N2O4/c1-20(2,3)33-12-17(19(32)29-16-7-5-4-6-8-16)34-30-18(31)13-9-14(21(23,24)25)11-15(10-13)22(26,27)28/h4-11,17H,12H2,1-3H3,(H,29,32)(H,30,31). The van der Waals surface area contributed by atoms with Gasteiger partial charge >= 0.3 is 12.4 Å². The Morgan fingerprint density at radius 2 is 1.41 bits per heavy atom. The van der Waals surface area contributed by atoms with Crippen LogP contribution in [0.25, 0.3) is 0 Å². The highest BCUT2D eigenvalue weighted by atomic mass is 19.4. The van der Waals surface area contributed by atoms with Crippen molar-refractivity contribution < 1.29 is 45.5 Å². The Morgan fingerprint density at radius 3 is 1.88 bits per heavy atom. The van der Waals surface area contributed by atoms with Crippen molar-refractivity contribution in [2.24, 2.45) is 0 Å². The second kappa shape index (κ2) is 10.4. The molecule has 0 saturated heterocycles. The molecule has 0 bridgehead atoms. The fourth-order valence-corrected chi connectivity index (χ4v) is 2.50. The van der Waals surface area contributed by atoms with Crippen molar-refractivity contribution in [2.75, 3.05) is 11.9 Å². The van der Waals surface area contributed by atoms with Gasteiger partial charge in [-0.3, -0.25) is 14.4 Å². The van der Waals surface area contributed by atoms with Gasteiger partial charge in [-0.15, -0.1) is 0 Å². The molecule has 1 unspecified atom stereocenters. The normalized spacial score (nSPS) is 13.3. The van der Waals surface area contributed by atoms with E-state index in [1.54, 1.807) is 56.6 Å². The van der Waals surface area contributed by atoms with E-state index in [9.17, 15) is 35.9 Å². The van der Waals surface area contributed by atoms with Gasteiger partial charge in [0.2, 0.25) is 0 Å². The van der Waals surface area contributed by atoms with Gasteiger partial charge in [0.05, 0.1) is 23.3 Å². The highest BCUT2D eigenvalue weighted by Gasteiger charge is 2.37. The van der Waals surface area contributed by atoms with Crippen LogP contribution in [0.2, 0.25) is 0 Å². The van der Waals surface area contributed by atoms with Crippen molar-refractivity contribution in [3.63, 3.8) is 0 Å². The van der Waals surface area contributed by atoms with E-state index in [2.05, 4.69) is 5.32 Å². The van der Waals surface area contributed by atoms with Crippen LogP contribution in [0.3, 0.4) is 0 Å². The van der Waals surface area contributed by atoms with E-state index in [0.29, 0.717) is 5.69 Å². The monoisotopic (exact) mass is 492 g/mol. The van der Waals surface area contributed by atoms with Crippen LogP contribution in [0.1, 0.15) is 42.3 Å². The van der Waals surface area contributed by atoms with Crippen LogP contribution >= 0.6 is 0 Å². The van der Waals surface area contributed by atoms with Crippen molar-refractivity contribution >= 4 is 17.5 Å². The molecule has 0 saturated carbocycles. The number of hydrogen-bond donors (Lipinski definition) is 2. The molecule has 0 heterocycles. The fourth-order valence-electron chi connectivity index (χ4n) is 2.50. The molecule has 0 aliphatic carbocycles. The average Bonchev–Trinajstić information content (AvgIpc) is 2.71. The number of alkyl halides is 6. The van der Waals surface area contributed by atoms with Crippen molar-refractivity contribution in [2.45, 2.75) is 44.8 Å². The molecule has 186 valence electrons. The summed E-state index contributed by atoms with van der Waals surface area (Å²) in [7, 11) is 0. The quantitative estimate of drug-likeness (QED) is 0.411. The molecule has 2 aromatic rings. The number of anilines is 1. The van der Waals surface area contributed by atoms with Gasteiger partial charge in [0.1, 0.15) is 0 Å². The lowest BCUT2D eigenvalue weighted by molar-refractivity contribution is -0.143. The molecular formula is C22H22F6N2O4. The number of benzene rings is 2. The van der Waals surface area contributed by atoms with Gasteiger partial charge in [-0.2, -0.15) is 26.3 Å². The van der Waals surface area contributed by atoms with Gasteiger partial charge in [-0.1, -0.05) is 18.2 Å². The van der Waals surface area contributed by atoms with Crippen molar-refractivity contribution in [1.29, 1.82) is 0 Å². The molecule has 0 aliphatic rings. The number of hydrogen-bond acceptors (Lipinski definition) is 4. The first-order valence-electron chi connectivity index (χ1n) is 9.81. The number of carbonyl (C=O) groups is 2. The van der Waals surface area contributed by atoms with E-state index < -0.39 is 52.6 Å². The van der Waals surface area contributed by atoms with Gasteiger partial charge in [-0.25, -0.2) is 5.48 Å². The zero-order valence-electron chi connectivity index (χ0n) is 18.3. The van der Waals surface area contributed by atoms with Gasteiger partial charge in [0, 0.05) is 11.3 Å². The second-order valence-electron chi connectivity index (χ2n) is 8.11. The summed E-state index contributed by atoms with van der Waals surface area (Å²) in [5.74, 6) is -2.18. The summed E-state index contributed by atoms with van der Waals surface area (Å²) in [6.45, 7) is 4.66. The molecule has 0 aromatic heterocycles. The predicted molar refractivity (Wildman–Crippen MR) is 110 cm³/mol. The molecule has 34 heavy (non-hydrogen) atoms. The first kappa shape index (κ1) is 27.1. The van der Waals surface area contributed by atoms with E-state index in [0.717, 1.165) is 0 Å². The minimum atomic E-state index is -5.13. The number of hydroxylamine groups is 1. The smallest absolute Gasteiger partial charge is 0.372 e. The van der Waals surface area contributed by atoms with Crippen LogP contribution in [0.15, 0.2) is 48.5 Å². The Hall–Kier alpha value is -3.12. The van der Waals surface area contributed by atoms with Crippen LogP contribution in [0, 0.1) is 0 Å². The maximum atomic E-state index is 13.0. The number of nitrogens with one attached hydrogen (secondary N) is 2. The molecular weight excluding hydrogens is 470 g/mol. The third kappa shape index (κ3) is 8.34. The highest BCUT2D eigenvalue weighted by Crippen LogP contribution is 2.36. The molecule has 0 spiro atoms. The number of amides is 2. The predicted octanol–water partition coefficient (Wildman–Crippen LogP) is 5.21. The van der Waals surface area contributed by atoms with Crippen LogP contribution in [-0.4, -0.2) is 30.1 Å². The Morgan fingerprint density at radius 1 is 0.882 bits per heavy atom. The van der Waals surface area contributed by atoms with Crippen molar-refractivity contribution in [3.05, 3.63) is 65.2 Å². The molecule has 2 amide bonds. The lowest BCUT2D eigenvalue weighted by Gasteiger charge is -2.24. The average molecular weight is 492 g/mol. The summed E-state index contributed by atoms with van der Waals surface area (Å²) in [6.07, 6.45) is -11.7. The first-order valence-corrected chi connectivity index (χ1v) is 9.81. The Balaban J connectivity index is 2.23. The summed E-state index contributed by atoms with van der Waals surface area (Å²) >= 11 is 0. The van der Waals surface area contributed by atoms with Gasteiger partial charge < -0.3 is 10.1 Å².